The van der Waals surface area contributed by atoms with E-state index in [0.29, 0.717) is 18.4 Å². The Morgan fingerprint density at radius 1 is 1.22 bits per heavy atom. The molecular weight excluding hydrogens is 318 g/mol. The maximum absolute atomic E-state index is 13.2. The third kappa shape index (κ3) is 3.10. The molecule has 0 saturated heterocycles. The Morgan fingerprint density at radius 2 is 1.83 bits per heavy atom. The fourth-order valence-corrected chi connectivity index (χ4v) is 5.36. The lowest BCUT2D eigenvalue weighted by molar-refractivity contribution is -0.150. The Hall–Kier alpha value is -1.89. The predicted molar refractivity (Wildman–Crippen MR) is 84.5 cm³/mol. The number of hydrogen-bond donors (Lipinski definition) is 1. The molecule has 0 heterocycles. The van der Waals surface area contributed by atoms with E-state index >= 15 is 0 Å². The van der Waals surface area contributed by atoms with Crippen molar-refractivity contribution in [2.24, 2.45) is 5.73 Å². The van der Waals surface area contributed by atoms with Gasteiger partial charge in [0.1, 0.15) is 0 Å². The van der Waals surface area contributed by atoms with Gasteiger partial charge in [-0.1, -0.05) is 25.0 Å². The zero-order valence-electron chi connectivity index (χ0n) is 13.3. The standard InChI is InChI=1S/C16H21NO5S/c1-11-5-6-12(2)13(9-11)23(20,21)16(7-3-4-8-16)15(19)22-10-14(17)18/h5-6,9H,3-4,7-8,10H2,1-2H3,(H2,17,18). The molecule has 1 amide bonds. The van der Waals surface area contributed by atoms with Gasteiger partial charge in [0.05, 0.1) is 4.90 Å². The molecule has 126 valence electrons. The number of primary amides is 1. The molecule has 6 nitrogen and oxygen atoms in total. The van der Waals surface area contributed by atoms with Gasteiger partial charge in [0.2, 0.25) is 0 Å². The molecule has 2 N–H and O–H groups in total. The Bertz CT molecular complexity index is 733. The summed E-state index contributed by atoms with van der Waals surface area (Å²) in [5.41, 5.74) is 6.37. The average molecular weight is 339 g/mol. The van der Waals surface area contributed by atoms with E-state index in [1.165, 1.54) is 0 Å². The summed E-state index contributed by atoms with van der Waals surface area (Å²) in [6.45, 7) is 2.89. The molecule has 23 heavy (non-hydrogen) atoms. The van der Waals surface area contributed by atoms with E-state index in [-0.39, 0.29) is 17.7 Å². The molecule has 0 bridgehead atoms. The van der Waals surface area contributed by atoms with Crippen molar-refractivity contribution < 1.29 is 22.7 Å². The van der Waals surface area contributed by atoms with Crippen molar-refractivity contribution in [1.82, 2.24) is 0 Å². The van der Waals surface area contributed by atoms with E-state index in [4.69, 9.17) is 10.5 Å². The molecular formula is C16H21NO5S. The zero-order valence-corrected chi connectivity index (χ0v) is 14.1. The first-order chi connectivity index (χ1) is 10.7. The first-order valence-corrected chi connectivity index (χ1v) is 8.96. The third-order valence-corrected chi connectivity index (χ3v) is 6.90. The number of aryl methyl sites for hydroxylation is 2. The number of rotatable bonds is 5. The topological polar surface area (TPSA) is 104 Å². The molecule has 0 aliphatic heterocycles. The van der Waals surface area contributed by atoms with Crippen molar-refractivity contribution in [3.05, 3.63) is 29.3 Å². The van der Waals surface area contributed by atoms with Crippen molar-refractivity contribution in [2.45, 2.75) is 49.2 Å². The molecule has 1 aliphatic rings. The number of sulfone groups is 1. The molecule has 1 fully saturated rings. The van der Waals surface area contributed by atoms with Crippen LogP contribution in [0.4, 0.5) is 0 Å². The summed E-state index contributed by atoms with van der Waals surface area (Å²) in [5.74, 6) is -1.69. The van der Waals surface area contributed by atoms with E-state index in [2.05, 4.69) is 0 Å². The van der Waals surface area contributed by atoms with Gasteiger partial charge in [0, 0.05) is 0 Å². The summed E-state index contributed by atoms with van der Waals surface area (Å²) in [6, 6.07) is 5.12. The van der Waals surface area contributed by atoms with E-state index in [1.807, 2.05) is 6.07 Å². The van der Waals surface area contributed by atoms with Crippen LogP contribution in [0.25, 0.3) is 0 Å². The molecule has 2 rings (SSSR count). The van der Waals surface area contributed by atoms with E-state index < -0.39 is 33.1 Å². The van der Waals surface area contributed by atoms with Crippen molar-refractivity contribution in [2.75, 3.05) is 6.61 Å². The number of ether oxygens (including phenoxy) is 1. The Kier molecular flexibility index (Phi) is 4.79. The Morgan fingerprint density at radius 3 is 2.39 bits per heavy atom. The molecule has 0 spiro atoms. The molecule has 1 aromatic carbocycles. The van der Waals surface area contributed by atoms with Crippen molar-refractivity contribution >= 4 is 21.7 Å². The van der Waals surface area contributed by atoms with Crippen LogP contribution in [0.1, 0.15) is 36.8 Å². The van der Waals surface area contributed by atoms with E-state index in [9.17, 15) is 18.0 Å². The number of benzene rings is 1. The van der Waals surface area contributed by atoms with Crippen LogP contribution >= 0.6 is 0 Å². The van der Waals surface area contributed by atoms with Crippen LogP contribution in [0.15, 0.2) is 23.1 Å². The number of carbonyl (C=O) groups is 2. The van der Waals surface area contributed by atoms with Crippen LogP contribution in [-0.4, -0.2) is 31.6 Å². The summed E-state index contributed by atoms with van der Waals surface area (Å²) in [5, 5.41) is 0. The molecule has 1 saturated carbocycles. The normalized spacial score (nSPS) is 17.0. The fourth-order valence-electron chi connectivity index (χ4n) is 3.00. The average Bonchev–Trinajstić information content (AvgIpc) is 2.98. The SMILES string of the molecule is Cc1ccc(C)c(S(=O)(=O)C2(C(=O)OCC(N)=O)CCCC2)c1. The van der Waals surface area contributed by atoms with Gasteiger partial charge in [-0.3, -0.25) is 9.59 Å². The summed E-state index contributed by atoms with van der Waals surface area (Å²) in [6.07, 6.45) is 1.63. The molecule has 0 radical (unpaired) electrons. The Labute approximate surface area is 135 Å². The first kappa shape index (κ1) is 17.5. The van der Waals surface area contributed by atoms with Gasteiger partial charge in [0.15, 0.2) is 21.2 Å². The second-order valence-corrected chi connectivity index (χ2v) is 8.24. The highest BCUT2D eigenvalue weighted by atomic mass is 32.2. The number of amides is 1. The van der Waals surface area contributed by atoms with Gasteiger partial charge in [0.25, 0.3) is 5.91 Å². The summed E-state index contributed by atoms with van der Waals surface area (Å²) < 4.78 is 29.6. The second kappa shape index (κ2) is 6.31. The van der Waals surface area contributed by atoms with Gasteiger partial charge in [-0.2, -0.15) is 0 Å². The third-order valence-electron chi connectivity index (χ3n) is 4.28. The minimum atomic E-state index is -3.93. The number of esters is 1. The highest BCUT2D eigenvalue weighted by Gasteiger charge is 2.54. The van der Waals surface area contributed by atoms with Gasteiger partial charge in [-0.05, 0) is 43.9 Å². The highest BCUT2D eigenvalue weighted by Crippen LogP contribution is 2.42. The van der Waals surface area contributed by atoms with Crippen molar-refractivity contribution in [3.8, 4) is 0 Å². The summed E-state index contributed by atoms with van der Waals surface area (Å²) in [4.78, 5) is 23.5. The van der Waals surface area contributed by atoms with Crippen LogP contribution in [0.2, 0.25) is 0 Å². The minimum absolute atomic E-state index is 0.149. The molecule has 7 heteroatoms. The summed E-state index contributed by atoms with van der Waals surface area (Å²) in [7, 11) is -3.93. The van der Waals surface area contributed by atoms with Gasteiger partial charge < -0.3 is 10.5 Å². The van der Waals surface area contributed by atoms with Gasteiger partial charge in [-0.25, -0.2) is 8.42 Å². The Balaban J connectivity index is 2.49. The molecule has 0 atom stereocenters. The number of carbonyl (C=O) groups excluding carboxylic acids is 2. The van der Waals surface area contributed by atoms with Gasteiger partial charge >= 0.3 is 5.97 Å². The maximum Gasteiger partial charge on any atom is 0.328 e. The minimum Gasteiger partial charge on any atom is -0.454 e. The first-order valence-electron chi connectivity index (χ1n) is 7.48. The van der Waals surface area contributed by atoms with E-state index in [0.717, 1.165) is 5.56 Å². The highest BCUT2D eigenvalue weighted by molar-refractivity contribution is 7.93. The van der Waals surface area contributed by atoms with Crippen LogP contribution in [0.3, 0.4) is 0 Å². The quantitative estimate of drug-likeness (QED) is 0.817. The largest absolute Gasteiger partial charge is 0.454 e. The monoisotopic (exact) mass is 339 g/mol. The number of nitrogens with two attached hydrogens (primary N) is 1. The van der Waals surface area contributed by atoms with Crippen LogP contribution in [-0.2, 0) is 24.2 Å². The van der Waals surface area contributed by atoms with Crippen molar-refractivity contribution in [3.63, 3.8) is 0 Å². The van der Waals surface area contributed by atoms with Crippen molar-refractivity contribution in [1.29, 1.82) is 0 Å². The lowest BCUT2D eigenvalue weighted by Gasteiger charge is -2.27. The summed E-state index contributed by atoms with van der Waals surface area (Å²) >= 11 is 0. The van der Waals surface area contributed by atoms with Crippen LogP contribution in [0, 0.1) is 13.8 Å². The predicted octanol–water partition coefficient (Wildman–Crippen LogP) is 1.42. The second-order valence-electron chi connectivity index (χ2n) is 6.02. The number of hydrogen-bond acceptors (Lipinski definition) is 5. The van der Waals surface area contributed by atoms with Crippen LogP contribution < -0.4 is 5.73 Å². The lowest BCUT2D eigenvalue weighted by atomic mass is 10.1. The van der Waals surface area contributed by atoms with Crippen LogP contribution in [0.5, 0.6) is 0 Å². The van der Waals surface area contributed by atoms with E-state index in [1.54, 1.807) is 26.0 Å². The van der Waals surface area contributed by atoms with Gasteiger partial charge in [-0.15, -0.1) is 0 Å². The molecule has 0 unspecified atom stereocenters. The zero-order chi connectivity index (χ0) is 17.3. The lowest BCUT2D eigenvalue weighted by Crippen LogP contribution is -2.46. The maximum atomic E-state index is 13.2. The fraction of sp³-hybridized carbons (Fsp3) is 0.500. The molecule has 0 aromatic heterocycles. The molecule has 1 aromatic rings. The molecule has 1 aliphatic carbocycles. The smallest absolute Gasteiger partial charge is 0.328 e.